The molecular formula is C24H35N5O2. The average molecular weight is 426 g/mol. The molecule has 31 heavy (non-hydrogen) atoms. The van der Waals surface area contributed by atoms with E-state index in [1.165, 1.54) is 24.8 Å². The van der Waals surface area contributed by atoms with E-state index in [0.29, 0.717) is 12.5 Å². The van der Waals surface area contributed by atoms with Crippen LogP contribution in [0.1, 0.15) is 36.6 Å². The molecule has 0 radical (unpaired) electrons. The summed E-state index contributed by atoms with van der Waals surface area (Å²) in [6, 6.07) is 14.5. The number of guanidine groups is 1. The highest BCUT2D eigenvalue weighted by atomic mass is 16.3. The first-order valence-corrected chi connectivity index (χ1v) is 11.2. The summed E-state index contributed by atoms with van der Waals surface area (Å²) in [4.78, 5) is 20.6. The zero-order valence-corrected chi connectivity index (χ0v) is 18.7. The molecular weight excluding hydrogens is 390 g/mol. The molecule has 0 bridgehead atoms. The molecule has 1 fully saturated rings. The Morgan fingerprint density at radius 2 is 1.87 bits per heavy atom. The van der Waals surface area contributed by atoms with Crippen molar-refractivity contribution in [3.63, 3.8) is 0 Å². The fraction of sp³-hybridized carbons (Fsp3) is 0.500. The third-order valence-corrected chi connectivity index (χ3v) is 5.59. The molecule has 1 atom stereocenters. The number of hydrogen-bond donors (Lipinski definition) is 2. The molecule has 1 aliphatic heterocycles. The number of nitrogens with one attached hydrogen (secondary N) is 2. The van der Waals surface area contributed by atoms with Crippen LogP contribution in [0.15, 0.2) is 58.1 Å². The molecule has 1 aromatic carbocycles. The van der Waals surface area contributed by atoms with Crippen LogP contribution in [0.3, 0.4) is 0 Å². The lowest BCUT2D eigenvalue weighted by Gasteiger charge is -2.33. The molecule has 1 amide bonds. The van der Waals surface area contributed by atoms with Crippen LogP contribution in [-0.2, 0) is 11.2 Å². The van der Waals surface area contributed by atoms with Gasteiger partial charge in [0.15, 0.2) is 5.96 Å². The number of carbonyl (C=O) groups is 1. The number of aliphatic imine (C=N–C) groups is 1. The van der Waals surface area contributed by atoms with Gasteiger partial charge >= 0.3 is 0 Å². The van der Waals surface area contributed by atoms with Crippen LogP contribution in [0.5, 0.6) is 0 Å². The number of amides is 1. The summed E-state index contributed by atoms with van der Waals surface area (Å²) in [5.74, 6) is 1.59. The molecule has 0 spiro atoms. The molecule has 3 rings (SSSR count). The Kier molecular flexibility index (Phi) is 8.97. The quantitative estimate of drug-likeness (QED) is 0.477. The van der Waals surface area contributed by atoms with Crippen molar-refractivity contribution in [1.29, 1.82) is 0 Å². The summed E-state index contributed by atoms with van der Waals surface area (Å²) in [6.07, 6.45) is 6.33. The molecule has 7 nitrogen and oxygen atoms in total. The van der Waals surface area contributed by atoms with Crippen molar-refractivity contribution in [3.8, 4) is 0 Å². The number of piperidine rings is 1. The zero-order valence-electron chi connectivity index (χ0n) is 18.7. The average Bonchev–Trinajstić information content (AvgIpc) is 3.33. The van der Waals surface area contributed by atoms with Gasteiger partial charge in [-0.05, 0) is 50.0 Å². The Morgan fingerprint density at radius 3 is 2.55 bits per heavy atom. The van der Waals surface area contributed by atoms with E-state index in [9.17, 15) is 4.79 Å². The largest absolute Gasteiger partial charge is 0.468 e. The third kappa shape index (κ3) is 7.43. The SMILES string of the molecule is CN(C)C(=O)CN=C(NCCc1ccccc1)NCC(c1ccco1)N1CCCCC1. The van der Waals surface area contributed by atoms with Gasteiger partial charge < -0.3 is 20.0 Å². The van der Waals surface area contributed by atoms with E-state index in [1.807, 2.05) is 30.3 Å². The maximum absolute atomic E-state index is 12.1. The summed E-state index contributed by atoms with van der Waals surface area (Å²) in [5, 5.41) is 6.84. The van der Waals surface area contributed by atoms with Gasteiger partial charge in [0.05, 0.1) is 12.3 Å². The summed E-state index contributed by atoms with van der Waals surface area (Å²) >= 11 is 0. The van der Waals surface area contributed by atoms with Crippen LogP contribution in [-0.4, -0.2) is 68.5 Å². The highest BCUT2D eigenvalue weighted by molar-refractivity contribution is 5.84. The van der Waals surface area contributed by atoms with Gasteiger partial charge in [-0.2, -0.15) is 0 Å². The van der Waals surface area contributed by atoms with Crippen LogP contribution in [0.4, 0.5) is 0 Å². The Bertz CT molecular complexity index is 799. The standard InChI is InChI=1S/C24H35N5O2/c1-28(2)23(30)19-27-24(25-14-13-20-10-5-3-6-11-20)26-18-21(22-12-9-17-31-22)29-15-7-4-8-16-29/h3,5-6,9-12,17,21H,4,7-8,13-16,18-19H2,1-2H3,(H2,25,26,27). The molecule has 168 valence electrons. The van der Waals surface area contributed by atoms with E-state index in [4.69, 9.17) is 4.42 Å². The van der Waals surface area contributed by atoms with Crippen molar-refractivity contribution in [3.05, 3.63) is 60.1 Å². The molecule has 1 aliphatic rings. The van der Waals surface area contributed by atoms with Crippen molar-refractivity contribution < 1.29 is 9.21 Å². The van der Waals surface area contributed by atoms with Crippen LogP contribution in [0.2, 0.25) is 0 Å². The minimum absolute atomic E-state index is 0.0252. The first kappa shape index (κ1) is 22.9. The number of benzene rings is 1. The van der Waals surface area contributed by atoms with Crippen LogP contribution >= 0.6 is 0 Å². The van der Waals surface area contributed by atoms with Gasteiger partial charge in [-0.1, -0.05) is 36.8 Å². The van der Waals surface area contributed by atoms with E-state index in [0.717, 1.165) is 31.8 Å². The van der Waals surface area contributed by atoms with Crippen molar-refractivity contribution >= 4 is 11.9 Å². The predicted molar refractivity (Wildman–Crippen MR) is 124 cm³/mol. The van der Waals surface area contributed by atoms with E-state index in [1.54, 1.807) is 25.3 Å². The normalized spacial score (nSPS) is 16.0. The van der Waals surface area contributed by atoms with E-state index in [-0.39, 0.29) is 18.5 Å². The molecule has 0 saturated carbocycles. The highest BCUT2D eigenvalue weighted by Gasteiger charge is 2.24. The Balaban J connectivity index is 1.63. The fourth-order valence-electron chi connectivity index (χ4n) is 3.75. The van der Waals surface area contributed by atoms with E-state index in [2.05, 4.69) is 32.7 Å². The van der Waals surface area contributed by atoms with Crippen LogP contribution < -0.4 is 10.6 Å². The zero-order chi connectivity index (χ0) is 21.9. The molecule has 1 saturated heterocycles. The van der Waals surface area contributed by atoms with E-state index >= 15 is 0 Å². The summed E-state index contributed by atoms with van der Waals surface area (Å²) in [5.41, 5.74) is 1.26. The number of hydrogen-bond acceptors (Lipinski definition) is 4. The molecule has 7 heteroatoms. The lowest BCUT2D eigenvalue weighted by molar-refractivity contribution is -0.127. The topological polar surface area (TPSA) is 73.1 Å². The molecule has 2 heterocycles. The Morgan fingerprint density at radius 1 is 1.10 bits per heavy atom. The Labute approximate surface area is 185 Å². The van der Waals surface area contributed by atoms with Crippen molar-refractivity contribution in [1.82, 2.24) is 20.4 Å². The number of furan rings is 1. The van der Waals surface area contributed by atoms with Crippen LogP contribution in [0, 0.1) is 0 Å². The second kappa shape index (κ2) is 12.2. The van der Waals surface area contributed by atoms with Crippen molar-refractivity contribution in [2.24, 2.45) is 4.99 Å². The maximum atomic E-state index is 12.1. The van der Waals surface area contributed by atoms with Gasteiger partial charge in [0, 0.05) is 27.2 Å². The predicted octanol–water partition coefficient (Wildman–Crippen LogP) is 2.67. The number of nitrogens with zero attached hydrogens (tertiary/aromatic N) is 3. The van der Waals surface area contributed by atoms with E-state index < -0.39 is 0 Å². The summed E-state index contributed by atoms with van der Waals surface area (Å²) in [7, 11) is 3.49. The molecule has 2 aromatic rings. The highest BCUT2D eigenvalue weighted by Crippen LogP contribution is 2.24. The lowest BCUT2D eigenvalue weighted by Crippen LogP contribution is -2.45. The second-order valence-corrected chi connectivity index (χ2v) is 8.12. The molecule has 1 unspecified atom stereocenters. The molecule has 1 aromatic heterocycles. The van der Waals surface area contributed by atoms with Gasteiger partial charge in [0.25, 0.3) is 0 Å². The van der Waals surface area contributed by atoms with Crippen molar-refractivity contribution in [2.45, 2.75) is 31.7 Å². The number of rotatable bonds is 9. The minimum atomic E-state index is -0.0252. The summed E-state index contributed by atoms with van der Waals surface area (Å²) < 4.78 is 5.75. The number of likely N-dealkylation sites (tertiary alicyclic amines) is 1. The van der Waals surface area contributed by atoms with Gasteiger partial charge in [-0.25, -0.2) is 4.99 Å². The fourth-order valence-corrected chi connectivity index (χ4v) is 3.75. The first-order chi connectivity index (χ1) is 15.1. The number of carbonyl (C=O) groups excluding carboxylic acids is 1. The maximum Gasteiger partial charge on any atom is 0.243 e. The Hall–Kier alpha value is -2.80. The summed E-state index contributed by atoms with van der Waals surface area (Å²) in [6.45, 7) is 3.66. The molecule has 0 aliphatic carbocycles. The minimum Gasteiger partial charge on any atom is -0.468 e. The van der Waals surface area contributed by atoms with Gasteiger partial charge in [-0.15, -0.1) is 0 Å². The lowest BCUT2D eigenvalue weighted by atomic mass is 10.1. The monoisotopic (exact) mass is 425 g/mol. The van der Waals surface area contributed by atoms with Gasteiger partial charge in [0.2, 0.25) is 5.91 Å². The first-order valence-electron chi connectivity index (χ1n) is 11.2. The third-order valence-electron chi connectivity index (χ3n) is 5.59. The van der Waals surface area contributed by atoms with Gasteiger partial charge in [-0.3, -0.25) is 9.69 Å². The van der Waals surface area contributed by atoms with Gasteiger partial charge in [0.1, 0.15) is 12.3 Å². The van der Waals surface area contributed by atoms with Crippen molar-refractivity contribution in [2.75, 3.05) is 46.8 Å². The number of likely N-dealkylation sites (N-methyl/N-ethyl adjacent to an activating group) is 1. The smallest absolute Gasteiger partial charge is 0.243 e. The second-order valence-electron chi connectivity index (χ2n) is 8.12. The van der Waals surface area contributed by atoms with Crippen LogP contribution in [0.25, 0.3) is 0 Å². The molecule has 2 N–H and O–H groups in total.